The molecule has 0 unspecified atom stereocenters. The molecule has 1 fully saturated rings. The van der Waals surface area contributed by atoms with Crippen LogP contribution < -0.4 is 16.0 Å². The lowest BCUT2D eigenvalue weighted by atomic mass is 9.96. The minimum Gasteiger partial charge on any atom is -0.343 e. The second kappa shape index (κ2) is 16.8. The molecule has 0 aromatic rings. The van der Waals surface area contributed by atoms with Crippen LogP contribution in [0.25, 0.3) is 0 Å². The van der Waals surface area contributed by atoms with Gasteiger partial charge in [-0.3, -0.25) is 24.0 Å². The van der Waals surface area contributed by atoms with Crippen molar-refractivity contribution in [2.45, 2.75) is 132 Å². The van der Waals surface area contributed by atoms with Gasteiger partial charge in [0, 0.05) is 14.1 Å². The molecule has 5 atom stereocenters. The van der Waals surface area contributed by atoms with Crippen molar-refractivity contribution in [3.63, 3.8) is 0 Å². The van der Waals surface area contributed by atoms with Gasteiger partial charge in [0.2, 0.25) is 29.5 Å². The fraction of sp³-hybridized carbons (Fsp3) is 0.844. The Morgan fingerprint density at radius 2 is 0.714 bits per heavy atom. The van der Waals surface area contributed by atoms with E-state index in [-0.39, 0.29) is 41.4 Å². The van der Waals surface area contributed by atoms with E-state index >= 15 is 0 Å². The SMILES string of the molecule is CC(C)C[C@@H]1NC(=O)[C@@H](CC(C)C)NC(=O)[C@@H](CC(C)C)N(C)C(=O)[C@@H](CC(C)C)NC(=O)[C@@H](CC(C)C)N(C)C1=O. The molecule has 1 heterocycles. The van der Waals surface area contributed by atoms with Crippen molar-refractivity contribution >= 4 is 29.5 Å². The van der Waals surface area contributed by atoms with Crippen LogP contribution in [0.4, 0.5) is 0 Å². The number of rotatable bonds is 10. The minimum atomic E-state index is -0.883. The first-order valence-corrected chi connectivity index (χ1v) is 15.8. The van der Waals surface area contributed by atoms with Crippen LogP contribution in [0.1, 0.15) is 101 Å². The maximum absolute atomic E-state index is 13.9. The Morgan fingerprint density at radius 3 is 1.02 bits per heavy atom. The van der Waals surface area contributed by atoms with Crippen LogP contribution in [0, 0.1) is 29.6 Å². The van der Waals surface area contributed by atoms with Gasteiger partial charge in [-0.2, -0.15) is 0 Å². The van der Waals surface area contributed by atoms with Gasteiger partial charge in [-0.05, 0) is 61.7 Å². The zero-order valence-corrected chi connectivity index (χ0v) is 28.2. The molecule has 10 nitrogen and oxygen atoms in total. The fourth-order valence-corrected chi connectivity index (χ4v) is 5.47. The Bertz CT molecular complexity index is 932. The van der Waals surface area contributed by atoms with Crippen LogP contribution in [0.3, 0.4) is 0 Å². The molecule has 1 saturated heterocycles. The molecule has 0 saturated carbocycles. The highest BCUT2D eigenvalue weighted by molar-refractivity contribution is 5.97. The summed E-state index contributed by atoms with van der Waals surface area (Å²) in [5.74, 6) is -1.59. The van der Waals surface area contributed by atoms with E-state index in [2.05, 4.69) is 16.0 Å². The second-order valence-corrected chi connectivity index (χ2v) is 14.3. The highest BCUT2D eigenvalue weighted by atomic mass is 16.2. The van der Waals surface area contributed by atoms with Crippen LogP contribution in [-0.4, -0.2) is 83.6 Å². The summed E-state index contributed by atoms with van der Waals surface area (Å²) in [7, 11) is 3.17. The highest BCUT2D eigenvalue weighted by Gasteiger charge is 2.39. The van der Waals surface area contributed by atoms with Gasteiger partial charge in [-0.1, -0.05) is 69.2 Å². The number of nitrogens with zero attached hydrogens (tertiary/aromatic N) is 2. The third-order valence-electron chi connectivity index (χ3n) is 7.61. The average Bonchev–Trinajstić information content (AvgIpc) is 2.85. The number of hydrogen-bond acceptors (Lipinski definition) is 5. The van der Waals surface area contributed by atoms with Crippen molar-refractivity contribution < 1.29 is 24.0 Å². The van der Waals surface area contributed by atoms with E-state index in [0.717, 1.165) is 0 Å². The summed E-state index contributed by atoms with van der Waals surface area (Å²) in [4.78, 5) is 72.0. The Morgan fingerprint density at radius 1 is 0.452 bits per heavy atom. The zero-order valence-electron chi connectivity index (χ0n) is 28.2. The molecular formula is C32H59N5O5. The molecule has 0 aromatic carbocycles. The molecule has 5 amide bonds. The van der Waals surface area contributed by atoms with Gasteiger partial charge in [0.15, 0.2) is 0 Å². The van der Waals surface area contributed by atoms with Crippen molar-refractivity contribution in [2.24, 2.45) is 29.6 Å². The van der Waals surface area contributed by atoms with Crippen LogP contribution in [0.2, 0.25) is 0 Å². The first-order valence-electron chi connectivity index (χ1n) is 15.8. The van der Waals surface area contributed by atoms with Gasteiger partial charge in [0.05, 0.1) is 0 Å². The number of nitrogens with one attached hydrogen (secondary N) is 3. The van der Waals surface area contributed by atoms with Crippen LogP contribution >= 0.6 is 0 Å². The number of amides is 5. The van der Waals surface area contributed by atoms with Crippen LogP contribution in [0.15, 0.2) is 0 Å². The van der Waals surface area contributed by atoms with E-state index in [0.29, 0.717) is 32.1 Å². The number of likely N-dealkylation sites (N-methyl/N-ethyl adjacent to an activating group) is 2. The molecule has 0 aromatic heterocycles. The highest BCUT2D eigenvalue weighted by Crippen LogP contribution is 2.20. The molecule has 42 heavy (non-hydrogen) atoms. The normalized spacial score (nSPS) is 25.7. The number of carbonyl (C=O) groups excluding carboxylic acids is 5. The lowest BCUT2D eigenvalue weighted by Crippen LogP contribution is -2.58. The molecule has 0 bridgehead atoms. The van der Waals surface area contributed by atoms with Gasteiger partial charge in [-0.25, -0.2) is 0 Å². The van der Waals surface area contributed by atoms with Crippen molar-refractivity contribution in [1.82, 2.24) is 25.8 Å². The molecule has 1 aliphatic heterocycles. The van der Waals surface area contributed by atoms with Crippen LogP contribution in [0.5, 0.6) is 0 Å². The van der Waals surface area contributed by atoms with Gasteiger partial charge < -0.3 is 25.8 Å². The molecule has 10 heteroatoms. The third-order valence-corrected chi connectivity index (χ3v) is 7.61. The Balaban J connectivity index is 3.80. The second-order valence-electron chi connectivity index (χ2n) is 14.3. The Labute approximate surface area is 254 Å². The maximum atomic E-state index is 13.9. The molecule has 1 aliphatic rings. The summed E-state index contributed by atoms with van der Waals surface area (Å²) in [5.41, 5.74) is 0. The van der Waals surface area contributed by atoms with E-state index < -0.39 is 47.9 Å². The Kier molecular flexibility index (Phi) is 15.0. The van der Waals surface area contributed by atoms with Gasteiger partial charge >= 0.3 is 0 Å². The first-order chi connectivity index (χ1) is 19.3. The molecule has 0 spiro atoms. The lowest BCUT2D eigenvalue weighted by molar-refractivity contribution is -0.145. The molecule has 1 rings (SSSR count). The standard InChI is InChI=1S/C32H59N5O5/c1-18(2)13-23-28(38)34-24(14-19(3)4)31(41)37(12)27(17-22(9)10)30(40)35-25(15-20(5)6)32(42)36(11)26(16-21(7)8)29(39)33-23/h18-27H,13-17H2,1-12H3,(H,33,39)(H,34,38)(H,35,40)/t23-,24+,25-,26-,27-/m1/s1. The van der Waals surface area contributed by atoms with Crippen molar-refractivity contribution in [3.8, 4) is 0 Å². The van der Waals surface area contributed by atoms with E-state index in [1.807, 2.05) is 69.2 Å². The summed E-state index contributed by atoms with van der Waals surface area (Å²) in [5, 5.41) is 8.78. The van der Waals surface area contributed by atoms with Gasteiger partial charge in [0.25, 0.3) is 0 Å². The van der Waals surface area contributed by atoms with Gasteiger partial charge in [-0.15, -0.1) is 0 Å². The average molecular weight is 594 g/mol. The monoisotopic (exact) mass is 593 g/mol. The molecule has 0 radical (unpaired) electrons. The summed E-state index contributed by atoms with van der Waals surface area (Å²) in [6.45, 7) is 19.7. The zero-order chi connectivity index (χ0) is 32.5. The molecule has 3 N–H and O–H groups in total. The predicted molar refractivity (Wildman–Crippen MR) is 166 cm³/mol. The quantitative estimate of drug-likeness (QED) is 0.358. The van der Waals surface area contributed by atoms with E-state index in [1.54, 1.807) is 14.1 Å². The van der Waals surface area contributed by atoms with Crippen LogP contribution in [-0.2, 0) is 24.0 Å². The largest absolute Gasteiger partial charge is 0.343 e. The molecule has 242 valence electrons. The summed E-state index contributed by atoms with van der Waals surface area (Å²) < 4.78 is 0. The first kappa shape index (κ1) is 37.4. The van der Waals surface area contributed by atoms with E-state index in [9.17, 15) is 24.0 Å². The van der Waals surface area contributed by atoms with Crippen molar-refractivity contribution in [2.75, 3.05) is 14.1 Å². The minimum absolute atomic E-state index is 0.0839. The number of hydrogen-bond donors (Lipinski definition) is 3. The van der Waals surface area contributed by atoms with E-state index in [1.165, 1.54) is 9.80 Å². The third kappa shape index (κ3) is 11.6. The molecule has 0 aliphatic carbocycles. The predicted octanol–water partition coefficient (Wildman–Crippen LogP) is 3.34. The van der Waals surface area contributed by atoms with E-state index in [4.69, 9.17) is 0 Å². The Hall–Kier alpha value is -2.65. The smallest absolute Gasteiger partial charge is 0.245 e. The lowest BCUT2D eigenvalue weighted by Gasteiger charge is -2.35. The summed E-state index contributed by atoms with van der Waals surface area (Å²) in [6, 6.07) is -4.29. The number of carbonyl (C=O) groups is 5. The van der Waals surface area contributed by atoms with Crippen molar-refractivity contribution in [3.05, 3.63) is 0 Å². The summed E-state index contributed by atoms with van der Waals surface area (Å²) in [6.07, 6.45) is 1.90. The maximum Gasteiger partial charge on any atom is 0.245 e. The van der Waals surface area contributed by atoms with Crippen molar-refractivity contribution in [1.29, 1.82) is 0 Å². The topological polar surface area (TPSA) is 128 Å². The van der Waals surface area contributed by atoms with Gasteiger partial charge in [0.1, 0.15) is 30.2 Å². The summed E-state index contributed by atoms with van der Waals surface area (Å²) >= 11 is 0. The fourth-order valence-electron chi connectivity index (χ4n) is 5.47. The molecular weight excluding hydrogens is 534 g/mol.